The molecule has 0 spiro atoms. The smallest absolute Gasteiger partial charge is 0.254 e. The van der Waals surface area contributed by atoms with Gasteiger partial charge in [-0.15, -0.1) is 11.8 Å². The predicted octanol–water partition coefficient (Wildman–Crippen LogP) is 14.0. The topological polar surface area (TPSA) is 141 Å². The minimum Gasteiger partial charge on any atom is -0.339 e. The van der Waals surface area contributed by atoms with Crippen molar-refractivity contribution < 1.29 is 37.5 Å². The summed E-state index contributed by atoms with van der Waals surface area (Å²) in [7, 11) is 0. The number of carbonyl (C=O) groups excluding carboxylic acids is 6. The molecule has 2 aliphatic heterocycles. The van der Waals surface area contributed by atoms with Crippen molar-refractivity contribution in [3.63, 3.8) is 0 Å². The van der Waals surface area contributed by atoms with Crippen LogP contribution in [0.5, 0.6) is 0 Å². The van der Waals surface area contributed by atoms with Crippen molar-refractivity contribution in [2.75, 3.05) is 37.8 Å². The summed E-state index contributed by atoms with van der Waals surface area (Å²) in [6.45, 7) is 15.2. The van der Waals surface area contributed by atoms with Gasteiger partial charge in [-0.05, 0) is 163 Å². The normalized spacial score (nSPS) is 21.9. The van der Waals surface area contributed by atoms with Crippen LogP contribution < -0.4 is 5.73 Å². The summed E-state index contributed by atoms with van der Waals surface area (Å²) in [5.41, 5.74) is 9.84. The van der Waals surface area contributed by atoms with E-state index in [-0.39, 0.29) is 116 Å². The van der Waals surface area contributed by atoms with Crippen LogP contribution in [0, 0.1) is 52.1 Å². The Labute approximate surface area is 517 Å². The molecule has 3 fully saturated rings. The zero-order valence-corrected chi connectivity index (χ0v) is 51.1. The van der Waals surface area contributed by atoms with E-state index in [0.29, 0.717) is 68.0 Å². The minimum absolute atomic E-state index is 0. The number of rotatable bonds is 23. The Morgan fingerprint density at radius 3 is 1.63 bits per heavy atom. The van der Waals surface area contributed by atoms with Crippen LogP contribution in [0.1, 0.15) is 161 Å². The molecule has 4 aromatic carbocycles. The zero-order chi connectivity index (χ0) is 60.1. The highest BCUT2D eigenvalue weighted by atomic mass is 32.2. The summed E-state index contributed by atoms with van der Waals surface area (Å²) in [5.74, 6) is 0.287. The van der Waals surface area contributed by atoms with Crippen LogP contribution in [0.4, 0.5) is 8.78 Å². The summed E-state index contributed by atoms with van der Waals surface area (Å²) in [4.78, 5) is 82.9. The fourth-order valence-electron chi connectivity index (χ4n) is 14.7. The lowest BCUT2D eigenvalue weighted by Crippen LogP contribution is -2.54. The first-order chi connectivity index (χ1) is 40.2. The Morgan fingerprint density at radius 1 is 0.616 bits per heavy atom. The maximum absolute atomic E-state index is 15.0. The fourth-order valence-corrected chi connectivity index (χ4v) is 15.6. The third kappa shape index (κ3) is 17.9. The number of nitrogens with zero attached hydrogens (tertiary/aromatic N) is 4. The Balaban J connectivity index is 0.000000269. The van der Waals surface area contributed by atoms with Crippen LogP contribution in [0.25, 0.3) is 0 Å². The lowest BCUT2D eigenvalue weighted by atomic mass is 9.72. The van der Waals surface area contributed by atoms with E-state index in [1.54, 1.807) is 0 Å². The molecule has 2 heterocycles. The predicted molar refractivity (Wildman–Crippen MR) is 343 cm³/mol. The van der Waals surface area contributed by atoms with Gasteiger partial charge >= 0.3 is 0 Å². The molecule has 3 saturated carbocycles. The lowest BCUT2D eigenvalue weighted by Gasteiger charge is -2.47. The van der Waals surface area contributed by atoms with Crippen molar-refractivity contribution in [2.45, 2.75) is 164 Å². The summed E-state index contributed by atoms with van der Waals surface area (Å²) in [6.07, 6.45) is 16.5. The molecule has 0 bridgehead atoms. The van der Waals surface area contributed by atoms with Gasteiger partial charge in [0, 0.05) is 62.4 Å². The van der Waals surface area contributed by atoms with Crippen molar-refractivity contribution in [1.82, 2.24) is 19.6 Å². The molecule has 466 valence electrons. The molecule has 6 amide bonds. The van der Waals surface area contributed by atoms with Crippen molar-refractivity contribution in [3.8, 4) is 0 Å². The molecule has 2 N–H and O–H groups in total. The van der Waals surface area contributed by atoms with Crippen molar-refractivity contribution in [3.05, 3.63) is 167 Å². The molecule has 8 atom stereocenters. The average Bonchev–Trinajstić information content (AvgIpc) is 1.69. The largest absolute Gasteiger partial charge is 0.339 e. The Hall–Kier alpha value is -6.25. The molecule has 86 heavy (non-hydrogen) atoms. The molecule has 4 aromatic rings. The second-order valence-corrected chi connectivity index (χ2v) is 27.3. The van der Waals surface area contributed by atoms with Gasteiger partial charge in [0.2, 0.25) is 11.8 Å². The molecule has 11 nitrogen and oxygen atoms in total. The standard InChI is InChI=1S/C36H46N2O3S.C34H43F2N3O3.2CH4/c1-36(2,3)35(31-22-29(28-16-8-5-9-17-28)21-30(31)20-26-12-6-4-7-13-26)37(23-27-14-10-11-15-27)34(41)24-42-25-38-32(39)18-19-33(38)40;1-34(2,3)33(39(18-8-16-37)30(40)11-7-17-38-31(41)14-15-32(38)42)28-21-25(27-22-26(35)12-13-29(27)36)20-24(28)19-23-9-5-4-6-10-23;;/h4-9,12-13,16-19,27,29-31,35H,10-11,14-15,20-25H2,1-3H3;4-6,9-10,12-15,22,24-25,28,33H,7-8,11,16-21,37H2,1-3H3;2*1H4/t29?,30?,31?,35-;24?,25?,28?,33-;;/m00../s1. The molecule has 9 rings (SSSR count). The zero-order valence-electron chi connectivity index (χ0n) is 50.3. The number of benzene rings is 4. The number of hydrogen-bond donors (Lipinski definition) is 1. The van der Waals surface area contributed by atoms with Crippen LogP contribution in [0.15, 0.2) is 133 Å². The Kier molecular flexibility index (Phi) is 25.3. The van der Waals surface area contributed by atoms with Crippen LogP contribution in [-0.2, 0) is 41.6 Å². The first kappa shape index (κ1) is 68.9. The van der Waals surface area contributed by atoms with Crippen molar-refractivity contribution >= 4 is 47.2 Å². The van der Waals surface area contributed by atoms with Gasteiger partial charge in [0.1, 0.15) is 11.6 Å². The van der Waals surface area contributed by atoms with Crippen LogP contribution >= 0.6 is 11.8 Å². The molecule has 0 aromatic heterocycles. The Morgan fingerprint density at radius 2 is 1.10 bits per heavy atom. The van der Waals surface area contributed by atoms with E-state index in [0.717, 1.165) is 43.2 Å². The highest BCUT2D eigenvalue weighted by Gasteiger charge is 2.49. The maximum Gasteiger partial charge on any atom is 0.254 e. The summed E-state index contributed by atoms with van der Waals surface area (Å²) in [5, 5.41) is 0. The molecule has 14 heteroatoms. The number of thioether (sulfide) groups is 1. The number of halogens is 2. The summed E-state index contributed by atoms with van der Waals surface area (Å²) in [6, 6.07) is 35.5. The number of imide groups is 2. The fraction of sp³-hybridized carbons (Fsp3) is 0.528. The van der Waals surface area contributed by atoms with Crippen molar-refractivity contribution in [1.29, 1.82) is 0 Å². The number of hydrogen-bond acceptors (Lipinski definition) is 8. The molecule has 3 aliphatic carbocycles. The third-order valence-corrected chi connectivity index (χ3v) is 19.2. The third-order valence-electron chi connectivity index (χ3n) is 18.3. The molecular formula is C72H97F2N5O6S. The van der Waals surface area contributed by atoms with Crippen LogP contribution in [-0.4, -0.2) is 105 Å². The molecule has 5 aliphatic rings. The highest BCUT2D eigenvalue weighted by molar-refractivity contribution is 7.99. The summed E-state index contributed by atoms with van der Waals surface area (Å²) < 4.78 is 29.3. The molecule has 6 unspecified atom stereocenters. The van der Waals surface area contributed by atoms with E-state index in [1.807, 2.05) is 23.1 Å². The second-order valence-electron chi connectivity index (χ2n) is 26.4. The van der Waals surface area contributed by atoms with Gasteiger partial charge in [-0.3, -0.25) is 38.6 Å². The van der Waals surface area contributed by atoms with Crippen molar-refractivity contribution in [2.24, 2.45) is 46.2 Å². The van der Waals surface area contributed by atoms with E-state index in [9.17, 15) is 33.2 Å². The van der Waals surface area contributed by atoms with Gasteiger partial charge in [-0.1, -0.05) is 160 Å². The van der Waals surface area contributed by atoms with E-state index >= 15 is 4.39 Å². The van der Waals surface area contributed by atoms with Gasteiger partial charge in [-0.2, -0.15) is 0 Å². The van der Waals surface area contributed by atoms with Gasteiger partial charge in [-0.25, -0.2) is 8.78 Å². The first-order valence-electron chi connectivity index (χ1n) is 30.7. The van der Waals surface area contributed by atoms with Gasteiger partial charge in [0.25, 0.3) is 23.6 Å². The number of amides is 6. The first-order valence-corrected chi connectivity index (χ1v) is 31.9. The van der Waals surface area contributed by atoms with E-state index < -0.39 is 11.6 Å². The van der Waals surface area contributed by atoms with Crippen LogP contribution in [0.2, 0.25) is 0 Å². The maximum atomic E-state index is 15.0. The Bertz CT molecular complexity index is 2900. The van der Waals surface area contributed by atoms with Crippen LogP contribution in [0.3, 0.4) is 0 Å². The summed E-state index contributed by atoms with van der Waals surface area (Å²) >= 11 is 1.38. The van der Waals surface area contributed by atoms with Gasteiger partial charge in [0.05, 0.1) is 11.6 Å². The quantitative estimate of drug-likeness (QED) is 0.0724. The molecular weight excluding hydrogens is 1100 g/mol. The van der Waals surface area contributed by atoms with Gasteiger partial charge < -0.3 is 15.5 Å². The second kappa shape index (κ2) is 31.6. The number of carbonyl (C=O) groups is 6. The van der Waals surface area contributed by atoms with E-state index in [1.165, 1.54) is 95.5 Å². The minimum atomic E-state index is -0.452. The van der Waals surface area contributed by atoms with E-state index in [4.69, 9.17) is 5.73 Å². The van der Waals surface area contributed by atoms with E-state index in [2.05, 4.69) is 119 Å². The molecule has 0 radical (unpaired) electrons. The van der Waals surface area contributed by atoms with Gasteiger partial charge in [0.15, 0.2) is 0 Å². The number of nitrogens with two attached hydrogens (primary N) is 1. The average molecular weight is 1200 g/mol. The SMILES string of the molecule is C.C.CC(C)(C)[C@H](C1CC(c2cc(F)ccc2F)CC1Cc1ccccc1)N(CCCN)C(=O)CCCN1C(=O)C=CC1=O.CC(C)(C)[C@H](C1CC(c2ccccc2)CC1Cc1ccccc1)N(CC1CCCC1)C(=O)CSCN1C(=O)C=CC1=O. The molecule has 0 saturated heterocycles. The lowest BCUT2D eigenvalue weighted by molar-refractivity contribution is -0.141. The highest BCUT2D eigenvalue weighted by Crippen LogP contribution is 2.52. The monoisotopic (exact) mass is 1200 g/mol.